The average Bonchev–Trinajstić information content (AvgIpc) is 2.15. The lowest BCUT2D eigenvalue weighted by Gasteiger charge is -2.25. The van der Waals surface area contributed by atoms with Crippen molar-refractivity contribution in [2.75, 3.05) is 20.6 Å². The van der Waals surface area contributed by atoms with Crippen LogP contribution in [-0.2, 0) is 0 Å². The van der Waals surface area contributed by atoms with Crippen LogP contribution in [0.2, 0.25) is 0 Å². The molecule has 0 aromatic heterocycles. The molecule has 0 radical (unpaired) electrons. The van der Waals surface area contributed by atoms with Crippen LogP contribution in [-0.4, -0.2) is 25.5 Å². The van der Waals surface area contributed by atoms with E-state index in [9.17, 15) is 0 Å². The number of benzene rings is 1. The van der Waals surface area contributed by atoms with Gasteiger partial charge in [0.05, 0.1) is 0 Å². The second-order valence-corrected chi connectivity index (χ2v) is 3.91. The van der Waals surface area contributed by atoms with Gasteiger partial charge in [-0.15, -0.1) is 0 Å². The molecule has 0 saturated heterocycles. The third-order valence-corrected chi connectivity index (χ3v) is 2.61. The Morgan fingerprint density at radius 1 is 1.29 bits per heavy atom. The van der Waals surface area contributed by atoms with Crippen molar-refractivity contribution in [3.63, 3.8) is 0 Å². The van der Waals surface area contributed by atoms with E-state index in [1.165, 1.54) is 11.1 Å². The Balaban J connectivity index is 2.93. The van der Waals surface area contributed by atoms with Crippen LogP contribution < -0.4 is 5.73 Å². The SMILES string of the molecule is Cc1ccccc1C(CCN)N(C)C. The molecule has 78 valence electrons. The summed E-state index contributed by atoms with van der Waals surface area (Å²) in [5, 5.41) is 0. The van der Waals surface area contributed by atoms with Gasteiger partial charge in [0.2, 0.25) is 0 Å². The fourth-order valence-electron chi connectivity index (χ4n) is 1.81. The van der Waals surface area contributed by atoms with Gasteiger partial charge in [-0.2, -0.15) is 0 Å². The molecule has 0 heterocycles. The first kappa shape index (κ1) is 11.2. The topological polar surface area (TPSA) is 29.3 Å². The summed E-state index contributed by atoms with van der Waals surface area (Å²) in [6.45, 7) is 2.89. The third-order valence-electron chi connectivity index (χ3n) is 2.61. The van der Waals surface area contributed by atoms with Crippen molar-refractivity contribution in [3.8, 4) is 0 Å². The summed E-state index contributed by atoms with van der Waals surface area (Å²) in [5.74, 6) is 0. The molecule has 0 fully saturated rings. The summed E-state index contributed by atoms with van der Waals surface area (Å²) < 4.78 is 0. The standard InChI is InChI=1S/C12H20N2/c1-10-6-4-5-7-11(10)12(8-9-13)14(2)3/h4-7,12H,8-9,13H2,1-3H3. The maximum atomic E-state index is 5.63. The van der Waals surface area contributed by atoms with Crippen LogP contribution in [0.1, 0.15) is 23.6 Å². The van der Waals surface area contributed by atoms with Gasteiger partial charge in [-0.3, -0.25) is 0 Å². The molecular formula is C12H20N2. The Morgan fingerprint density at radius 2 is 1.93 bits per heavy atom. The highest BCUT2D eigenvalue weighted by Crippen LogP contribution is 2.23. The summed E-state index contributed by atoms with van der Waals surface area (Å²) in [6.07, 6.45) is 1.01. The van der Waals surface area contributed by atoms with Crippen LogP contribution in [0.3, 0.4) is 0 Å². The van der Waals surface area contributed by atoms with E-state index < -0.39 is 0 Å². The maximum absolute atomic E-state index is 5.63. The Morgan fingerprint density at radius 3 is 2.43 bits per heavy atom. The van der Waals surface area contributed by atoms with Crippen LogP contribution in [0.5, 0.6) is 0 Å². The van der Waals surface area contributed by atoms with Crippen LogP contribution in [0, 0.1) is 6.92 Å². The van der Waals surface area contributed by atoms with Gasteiger partial charge in [0.15, 0.2) is 0 Å². The molecule has 1 atom stereocenters. The number of aryl methyl sites for hydroxylation is 1. The number of hydrogen-bond donors (Lipinski definition) is 1. The minimum Gasteiger partial charge on any atom is -0.330 e. The summed E-state index contributed by atoms with van der Waals surface area (Å²) in [5.41, 5.74) is 8.37. The molecule has 0 saturated carbocycles. The van der Waals surface area contributed by atoms with E-state index >= 15 is 0 Å². The molecular weight excluding hydrogens is 172 g/mol. The molecule has 14 heavy (non-hydrogen) atoms. The van der Waals surface area contributed by atoms with Gasteiger partial charge < -0.3 is 10.6 Å². The molecule has 0 amide bonds. The fourth-order valence-corrected chi connectivity index (χ4v) is 1.81. The van der Waals surface area contributed by atoms with Gasteiger partial charge in [-0.25, -0.2) is 0 Å². The molecule has 1 aromatic carbocycles. The molecule has 2 N–H and O–H groups in total. The first-order chi connectivity index (χ1) is 6.66. The monoisotopic (exact) mass is 192 g/mol. The van der Waals surface area contributed by atoms with Crippen molar-refractivity contribution in [2.45, 2.75) is 19.4 Å². The highest BCUT2D eigenvalue weighted by atomic mass is 15.1. The first-order valence-corrected chi connectivity index (χ1v) is 5.09. The zero-order valence-electron chi connectivity index (χ0n) is 9.33. The fraction of sp³-hybridized carbons (Fsp3) is 0.500. The quantitative estimate of drug-likeness (QED) is 0.790. The number of rotatable bonds is 4. The second kappa shape index (κ2) is 5.13. The molecule has 1 aromatic rings. The smallest absolute Gasteiger partial charge is 0.0356 e. The summed E-state index contributed by atoms with van der Waals surface area (Å²) in [6, 6.07) is 8.96. The average molecular weight is 192 g/mol. The van der Waals surface area contributed by atoms with E-state index in [0.29, 0.717) is 6.04 Å². The molecule has 1 unspecified atom stereocenters. The van der Waals surface area contributed by atoms with E-state index in [4.69, 9.17) is 5.73 Å². The minimum absolute atomic E-state index is 0.446. The number of nitrogens with zero attached hydrogens (tertiary/aromatic N) is 1. The zero-order chi connectivity index (χ0) is 10.6. The highest BCUT2D eigenvalue weighted by molar-refractivity contribution is 5.28. The van der Waals surface area contributed by atoms with Crippen molar-refractivity contribution in [1.82, 2.24) is 4.90 Å². The van der Waals surface area contributed by atoms with Gasteiger partial charge in [-0.1, -0.05) is 24.3 Å². The summed E-state index contributed by atoms with van der Waals surface area (Å²) in [7, 11) is 4.21. The summed E-state index contributed by atoms with van der Waals surface area (Å²) in [4.78, 5) is 2.23. The highest BCUT2D eigenvalue weighted by Gasteiger charge is 2.14. The zero-order valence-corrected chi connectivity index (χ0v) is 9.33. The first-order valence-electron chi connectivity index (χ1n) is 5.09. The number of nitrogens with two attached hydrogens (primary N) is 1. The lowest BCUT2D eigenvalue weighted by atomic mass is 9.98. The molecule has 1 rings (SSSR count). The molecule has 0 aliphatic carbocycles. The molecule has 0 spiro atoms. The molecule has 2 heteroatoms. The predicted molar refractivity (Wildman–Crippen MR) is 61.3 cm³/mol. The van der Waals surface area contributed by atoms with E-state index in [0.717, 1.165) is 13.0 Å². The van der Waals surface area contributed by atoms with Crippen LogP contribution >= 0.6 is 0 Å². The largest absolute Gasteiger partial charge is 0.330 e. The molecule has 0 aliphatic heterocycles. The van der Waals surface area contributed by atoms with Crippen LogP contribution in [0.15, 0.2) is 24.3 Å². The Bertz CT molecular complexity index is 281. The van der Waals surface area contributed by atoms with Crippen molar-refractivity contribution < 1.29 is 0 Å². The lowest BCUT2D eigenvalue weighted by molar-refractivity contribution is 0.286. The molecule has 2 nitrogen and oxygen atoms in total. The minimum atomic E-state index is 0.446. The van der Waals surface area contributed by atoms with E-state index in [1.54, 1.807) is 0 Å². The molecule has 0 bridgehead atoms. The van der Waals surface area contributed by atoms with Gasteiger partial charge in [-0.05, 0) is 45.1 Å². The maximum Gasteiger partial charge on any atom is 0.0356 e. The van der Waals surface area contributed by atoms with Crippen molar-refractivity contribution in [1.29, 1.82) is 0 Å². The summed E-state index contributed by atoms with van der Waals surface area (Å²) >= 11 is 0. The van der Waals surface area contributed by atoms with E-state index in [-0.39, 0.29) is 0 Å². The van der Waals surface area contributed by atoms with Gasteiger partial charge in [0.25, 0.3) is 0 Å². The normalized spacial score (nSPS) is 13.2. The van der Waals surface area contributed by atoms with Gasteiger partial charge in [0.1, 0.15) is 0 Å². The van der Waals surface area contributed by atoms with E-state index in [2.05, 4.69) is 50.2 Å². The Labute approximate surface area is 86.7 Å². The van der Waals surface area contributed by atoms with Crippen molar-refractivity contribution in [3.05, 3.63) is 35.4 Å². The van der Waals surface area contributed by atoms with Crippen molar-refractivity contribution >= 4 is 0 Å². The Hall–Kier alpha value is -0.860. The van der Waals surface area contributed by atoms with E-state index in [1.807, 2.05) is 0 Å². The van der Waals surface area contributed by atoms with Gasteiger partial charge in [0, 0.05) is 6.04 Å². The van der Waals surface area contributed by atoms with Crippen molar-refractivity contribution in [2.24, 2.45) is 5.73 Å². The van der Waals surface area contributed by atoms with Gasteiger partial charge >= 0.3 is 0 Å². The second-order valence-electron chi connectivity index (χ2n) is 3.91. The number of hydrogen-bond acceptors (Lipinski definition) is 2. The molecule has 0 aliphatic rings. The van der Waals surface area contributed by atoms with Crippen LogP contribution in [0.4, 0.5) is 0 Å². The Kier molecular flexibility index (Phi) is 4.11. The third kappa shape index (κ3) is 2.56. The van der Waals surface area contributed by atoms with Crippen LogP contribution in [0.25, 0.3) is 0 Å². The predicted octanol–water partition coefficient (Wildman–Crippen LogP) is 1.95. The lowest BCUT2D eigenvalue weighted by Crippen LogP contribution is -2.23.